The largest absolute Gasteiger partial charge is 0.504 e. The molecule has 34 heavy (non-hydrogen) atoms. The molecule has 1 aromatic rings. The molecule has 3 saturated carbocycles. The van der Waals surface area contributed by atoms with Crippen molar-refractivity contribution >= 4 is 17.9 Å². The zero-order valence-corrected chi connectivity index (χ0v) is 20.6. The van der Waals surface area contributed by atoms with E-state index >= 15 is 0 Å². The molecule has 6 nitrogen and oxygen atoms in total. The summed E-state index contributed by atoms with van der Waals surface area (Å²) in [6, 6.07) is 1.45. The van der Waals surface area contributed by atoms with Crippen molar-refractivity contribution in [3.05, 3.63) is 34.4 Å². The van der Waals surface area contributed by atoms with Gasteiger partial charge in [0.05, 0.1) is 5.56 Å². The fourth-order valence-corrected chi connectivity index (χ4v) is 8.45. The van der Waals surface area contributed by atoms with Gasteiger partial charge in [0.25, 0.3) is 0 Å². The zero-order chi connectivity index (χ0) is 25.0. The highest BCUT2D eigenvalue weighted by molar-refractivity contribution is 6.13. The first-order valence-electron chi connectivity index (χ1n) is 12.3. The molecule has 0 saturated heterocycles. The van der Waals surface area contributed by atoms with Gasteiger partial charge >= 0.3 is 0 Å². The topological polar surface area (TPSA) is 112 Å². The molecule has 3 fully saturated rings. The highest BCUT2D eigenvalue weighted by atomic mass is 16.3. The maximum absolute atomic E-state index is 13.4. The van der Waals surface area contributed by atoms with Crippen molar-refractivity contribution in [2.75, 3.05) is 0 Å². The first kappa shape index (κ1) is 23.3. The Morgan fingerprint density at radius 1 is 1.03 bits per heavy atom. The summed E-state index contributed by atoms with van der Waals surface area (Å²) in [6.45, 7) is 10.5. The highest BCUT2D eigenvalue weighted by Crippen LogP contribution is 2.73. The Morgan fingerprint density at radius 3 is 2.35 bits per heavy atom. The van der Waals surface area contributed by atoms with Crippen molar-refractivity contribution in [2.24, 2.45) is 28.1 Å². The normalized spacial score (nSPS) is 43.2. The van der Waals surface area contributed by atoms with Crippen molar-refractivity contribution in [3.8, 4) is 11.5 Å². The van der Waals surface area contributed by atoms with Gasteiger partial charge in [0.2, 0.25) is 0 Å². The number of fused-ring (bicyclic) bond motifs is 7. The van der Waals surface area contributed by atoms with E-state index in [1.165, 1.54) is 6.07 Å². The van der Waals surface area contributed by atoms with E-state index in [0.29, 0.717) is 24.7 Å². The molecule has 0 bridgehead atoms. The molecule has 0 heterocycles. The number of carbonyl (C=O) groups excluding carboxylic acids is 3. The molecule has 4 aliphatic carbocycles. The second kappa shape index (κ2) is 6.81. The lowest BCUT2D eigenvalue weighted by Gasteiger charge is -2.69. The Hall–Kier alpha value is -2.47. The molecule has 0 amide bonds. The van der Waals surface area contributed by atoms with Crippen molar-refractivity contribution in [3.63, 3.8) is 0 Å². The molecule has 4 aliphatic rings. The number of ketones is 2. The highest BCUT2D eigenvalue weighted by Gasteiger charge is 2.68. The predicted molar refractivity (Wildman–Crippen MR) is 126 cm³/mol. The van der Waals surface area contributed by atoms with Crippen LogP contribution in [0.15, 0.2) is 17.7 Å². The Kier molecular flexibility index (Phi) is 4.66. The van der Waals surface area contributed by atoms with Crippen LogP contribution in [0.2, 0.25) is 0 Å². The van der Waals surface area contributed by atoms with Crippen molar-refractivity contribution < 1.29 is 29.7 Å². The minimum atomic E-state index is -0.978. The fraction of sp³-hybridized carbons (Fsp3) is 0.607. The summed E-state index contributed by atoms with van der Waals surface area (Å²) in [7, 11) is 0. The maximum Gasteiger partial charge on any atom is 0.187 e. The molecule has 3 N–H and O–H groups in total. The summed E-state index contributed by atoms with van der Waals surface area (Å²) in [5, 5.41) is 31.7. The van der Waals surface area contributed by atoms with Crippen LogP contribution in [0, 0.1) is 28.1 Å². The number of phenols is 2. The lowest BCUT2D eigenvalue weighted by molar-refractivity contribution is -0.190. The van der Waals surface area contributed by atoms with Crippen LogP contribution in [0.25, 0.3) is 0 Å². The van der Waals surface area contributed by atoms with E-state index in [1.807, 2.05) is 6.92 Å². The van der Waals surface area contributed by atoms with Gasteiger partial charge in [-0.3, -0.25) is 14.4 Å². The van der Waals surface area contributed by atoms with Crippen molar-refractivity contribution in [1.29, 1.82) is 0 Å². The van der Waals surface area contributed by atoms with Crippen LogP contribution in [0.4, 0.5) is 0 Å². The molecule has 0 spiro atoms. The smallest absolute Gasteiger partial charge is 0.187 e. The number of benzene rings is 1. The third kappa shape index (κ3) is 2.48. The number of aliphatic hydroxyl groups excluding tert-OH is 1. The summed E-state index contributed by atoms with van der Waals surface area (Å²) >= 11 is 0. The van der Waals surface area contributed by atoms with Gasteiger partial charge < -0.3 is 15.3 Å². The molecule has 0 aliphatic heterocycles. The summed E-state index contributed by atoms with van der Waals surface area (Å²) < 4.78 is 0. The lowest BCUT2D eigenvalue weighted by Crippen LogP contribution is -2.65. The third-order valence-electron chi connectivity index (χ3n) is 10.8. The van der Waals surface area contributed by atoms with Gasteiger partial charge in [0.1, 0.15) is 6.10 Å². The van der Waals surface area contributed by atoms with E-state index in [1.54, 1.807) is 6.08 Å². The van der Waals surface area contributed by atoms with Gasteiger partial charge in [-0.05, 0) is 72.1 Å². The third-order valence-corrected chi connectivity index (χ3v) is 10.8. The van der Waals surface area contributed by atoms with E-state index in [4.69, 9.17) is 0 Å². The Labute approximate surface area is 200 Å². The molecular formula is C28H34O6. The zero-order valence-electron chi connectivity index (χ0n) is 20.6. The molecule has 7 unspecified atom stereocenters. The van der Waals surface area contributed by atoms with Gasteiger partial charge in [-0.2, -0.15) is 0 Å². The Morgan fingerprint density at radius 2 is 1.71 bits per heavy atom. The van der Waals surface area contributed by atoms with Crippen LogP contribution in [0.1, 0.15) is 93.0 Å². The number of rotatable bonds is 1. The number of aromatic hydroxyl groups is 2. The lowest BCUT2D eigenvalue weighted by atomic mass is 9.35. The van der Waals surface area contributed by atoms with Gasteiger partial charge in [0.15, 0.2) is 29.4 Å². The Balaban J connectivity index is 1.70. The monoisotopic (exact) mass is 466 g/mol. The number of carbonyl (C=O) groups is 3. The van der Waals surface area contributed by atoms with Gasteiger partial charge in [-0.1, -0.05) is 34.6 Å². The van der Waals surface area contributed by atoms with Crippen molar-refractivity contribution in [2.45, 2.75) is 78.2 Å². The van der Waals surface area contributed by atoms with Crippen LogP contribution < -0.4 is 0 Å². The number of Topliss-reactive ketones (excluding diaryl/α,β-unsaturated/α-hetero) is 1. The van der Waals surface area contributed by atoms with Crippen molar-refractivity contribution in [1.82, 2.24) is 0 Å². The minimum Gasteiger partial charge on any atom is -0.504 e. The standard InChI is InChI=1S/C28H34O6/c1-14-10-19-26(3,24(34)22(14)32)7-9-28(5)20-12-17(30)21-15(13-29)23(33)18(31)11-16(21)25(20,2)6-8-27(19,28)4/h11-14,19,24,31,33-34H,6-10H2,1-5H3. The summed E-state index contributed by atoms with van der Waals surface area (Å²) in [6.07, 6.45) is 4.76. The average Bonchev–Trinajstić information content (AvgIpc) is 2.79. The van der Waals surface area contributed by atoms with E-state index < -0.39 is 28.4 Å². The number of allylic oxidation sites excluding steroid dienone is 2. The fourth-order valence-electron chi connectivity index (χ4n) is 8.45. The summed E-state index contributed by atoms with van der Waals surface area (Å²) in [4.78, 5) is 37.9. The molecule has 0 radical (unpaired) electrons. The van der Waals surface area contributed by atoms with Gasteiger partial charge in [-0.25, -0.2) is 0 Å². The summed E-state index contributed by atoms with van der Waals surface area (Å²) in [5.74, 6) is -1.44. The van der Waals surface area contributed by atoms with Crippen LogP contribution in [-0.4, -0.2) is 39.3 Å². The van der Waals surface area contributed by atoms with Crippen LogP contribution >= 0.6 is 0 Å². The van der Waals surface area contributed by atoms with Crippen LogP contribution in [0.5, 0.6) is 11.5 Å². The van der Waals surface area contributed by atoms with E-state index in [2.05, 4.69) is 27.7 Å². The summed E-state index contributed by atoms with van der Waals surface area (Å²) in [5.41, 5.74) is -0.0887. The SMILES string of the molecule is CC1CC2C(C)(CCC3(C)C4=CC(=O)c5c(cc(O)c(O)c5C=O)C4(C)CCC23C)C(O)C1=O. The van der Waals surface area contributed by atoms with Crippen LogP contribution in [0.3, 0.4) is 0 Å². The molecule has 0 aromatic heterocycles. The number of aliphatic hydroxyl groups is 1. The molecule has 182 valence electrons. The number of aldehydes is 1. The second-order valence-corrected chi connectivity index (χ2v) is 12.2. The van der Waals surface area contributed by atoms with Gasteiger partial charge in [0, 0.05) is 22.3 Å². The van der Waals surface area contributed by atoms with E-state index in [0.717, 1.165) is 24.8 Å². The minimum absolute atomic E-state index is 0.0655. The molecule has 6 heteroatoms. The first-order valence-corrected chi connectivity index (χ1v) is 12.3. The number of hydrogen-bond donors (Lipinski definition) is 3. The molecular weight excluding hydrogens is 432 g/mol. The van der Waals surface area contributed by atoms with E-state index in [9.17, 15) is 29.7 Å². The average molecular weight is 467 g/mol. The van der Waals surface area contributed by atoms with Gasteiger partial charge in [-0.15, -0.1) is 0 Å². The molecule has 1 aromatic carbocycles. The predicted octanol–water partition coefficient (Wildman–Crippen LogP) is 4.48. The quantitative estimate of drug-likeness (QED) is 0.416. The second-order valence-electron chi connectivity index (χ2n) is 12.2. The first-order chi connectivity index (χ1) is 15.8. The molecule has 7 atom stereocenters. The molecule has 5 rings (SSSR count). The van der Waals surface area contributed by atoms with E-state index in [-0.39, 0.29) is 45.4 Å². The number of hydrogen-bond acceptors (Lipinski definition) is 6. The maximum atomic E-state index is 13.4. The number of phenolic OH excluding ortho intramolecular Hbond substituents is 2. The Bertz CT molecular complexity index is 1180. The van der Waals surface area contributed by atoms with Crippen LogP contribution in [-0.2, 0) is 10.2 Å².